The molecule has 0 unspecified atom stereocenters. The zero-order valence-electron chi connectivity index (χ0n) is 16.7. The predicted octanol–water partition coefficient (Wildman–Crippen LogP) is 1.96. The minimum absolute atomic E-state index is 0. The largest absolute Gasteiger partial charge is 2.00 e. The second-order valence-electron chi connectivity index (χ2n) is 5.45. The fraction of sp³-hybridized carbons (Fsp3) is 0.0909. The molecule has 0 spiro atoms. The smallest absolute Gasteiger partial charge is 0.872 e. The van der Waals surface area contributed by atoms with Crippen LogP contribution in [0.4, 0.5) is 11.4 Å². The molecular weight excluding hydrogens is 452 g/mol. The molecule has 0 heterocycles. The summed E-state index contributed by atoms with van der Waals surface area (Å²) in [7, 11) is 2.00. The fourth-order valence-electron chi connectivity index (χ4n) is 2.22. The molecule has 0 fully saturated rings. The number of nitrogens with zero attached hydrogens (tertiary/aromatic N) is 2. The summed E-state index contributed by atoms with van der Waals surface area (Å²) in [5.41, 5.74) is 1.70. The number of hydrogen-bond acceptors (Lipinski definition) is 8. The van der Waals surface area contributed by atoms with Crippen molar-refractivity contribution < 1.29 is 47.7 Å². The Balaban J connectivity index is 0.00000170. The number of rotatable bonds is 4. The Bertz CT molecular complexity index is 929. The first-order chi connectivity index (χ1) is 14.5. The average molecular weight is 474 g/mol. The van der Waals surface area contributed by atoms with Crippen molar-refractivity contribution in [2.45, 2.75) is 0 Å². The third-order valence-corrected chi connectivity index (χ3v) is 3.56. The van der Waals surface area contributed by atoms with Crippen LogP contribution >= 0.6 is 0 Å². The standard InChI is InChI=1S/C20H16N2O4.2CH4O.Cu/c23-15-7-5-13(19(25)9-15)11-21-17-3-1-2-4-18(17)22-12-14-6-8-16(24)10-20(14)26;2*1-2;/h1-12,23-26H;2*2H,1H3;/q;;;+2/p-2. The van der Waals surface area contributed by atoms with Crippen LogP contribution in [0.2, 0.25) is 0 Å². The summed E-state index contributed by atoms with van der Waals surface area (Å²) < 4.78 is 0. The molecule has 3 rings (SSSR count). The van der Waals surface area contributed by atoms with E-state index in [1.54, 1.807) is 24.3 Å². The Labute approximate surface area is 190 Å². The van der Waals surface area contributed by atoms with Gasteiger partial charge in [-0.25, -0.2) is 0 Å². The summed E-state index contributed by atoms with van der Waals surface area (Å²) in [6, 6.07) is 15.0. The minimum atomic E-state index is -0.338. The topological polar surface area (TPSA) is 152 Å². The first-order valence-corrected chi connectivity index (χ1v) is 8.59. The molecule has 0 aliphatic rings. The number of para-hydroxylation sites is 2. The van der Waals surface area contributed by atoms with Crippen LogP contribution in [0.5, 0.6) is 23.0 Å². The van der Waals surface area contributed by atoms with Gasteiger partial charge in [0.25, 0.3) is 0 Å². The van der Waals surface area contributed by atoms with E-state index in [1.807, 2.05) is 0 Å². The van der Waals surface area contributed by atoms with E-state index in [0.29, 0.717) is 22.5 Å². The molecule has 0 saturated heterocycles. The number of hydrogen-bond donors (Lipinski definition) is 4. The second-order valence-corrected chi connectivity index (χ2v) is 5.45. The SMILES string of the molecule is CO.CO.[Cu+2].[O-]c1cc(O)ccc1C=Nc1ccccc1N=Cc1ccc(O)cc1[O-]. The number of aliphatic hydroxyl groups is 2. The Hall–Kier alpha value is -3.36. The summed E-state index contributed by atoms with van der Waals surface area (Å²) in [5.74, 6) is -0.872. The molecule has 0 atom stereocenters. The number of aromatic hydroxyl groups is 2. The van der Waals surface area contributed by atoms with Gasteiger partial charge in [-0.3, -0.25) is 9.98 Å². The molecule has 0 aliphatic heterocycles. The van der Waals surface area contributed by atoms with Crippen molar-refractivity contribution in [2.24, 2.45) is 9.98 Å². The Morgan fingerprint density at radius 2 is 1.00 bits per heavy atom. The average Bonchev–Trinajstić information content (AvgIpc) is 2.76. The molecule has 0 aliphatic carbocycles. The third-order valence-electron chi connectivity index (χ3n) is 3.56. The number of benzene rings is 3. The van der Waals surface area contributed by atoms with Crippen molar-refractivity contribution in [3.05, 3.63) is 71.8 Å². The fourth-order valence-corrected chi connectivity index (χ4v) is 2.22. The maximum Gasteiger partial charge on any atom is 2.00 e. The zero-order chi connectivity index (χ0) is 22.5. The second kappa shape index (κ2) is 14.6. The van der Waals surface area contributed by atoms with Crippen molar-refractivity contribution in [3.63, 3.8) is 0 Å². The molecule has 0 aromatic heterocycles. The molecule has 167 valence electrons. The Morgan fingerprint density at radius 3 is 1.32 bits per heavy atom. The van der Waals surface area contributed by atoms with E-state index in [2.05, 4.69) is 9.98 Å². The van der Waals surface area contributed by atoms with Gasteiger partial charge in [-0.15, -0.1) is 0 Å². The van der Waals surface area contributed by atoms with E-state index in [1.165, 1.54) is 36.7 Å². The first kappa shape index (κ1) is 27.6. The van der Waals surface area contributed by atoms with Gasteiger partial charge in [0.2, 0.25) is 0 Å². The van der Waals surface area contributed by atoms with Crippen LogP contribution < -0.4 is 10.2 Å². The number of phenols is 2. The van der Waals surface area contributed by atoms with E-state index in [4.69, 9.17) is 10.2 Å². The monoisotopic (exact) mass is 473 g/mol. The number of aliphatic imine (C=N–C) groups is 2. The maximum absolute atomic E-state index is 11.8. The van der Waals surface area contributed by atoms with E-state index in [0.717, 1.165) is 26.4 Å². The Kier molecular flexibility index (Phi) is 13.0. The molecule has 31 heavy (non-hydrogen) atoms. The van der Waals surface area contributed by atoms with E-state index in [-0.39, 0.29) is 40.1 Å². The van der Waals surface area contributed by atoms with Gasteiger partial charge < -0.3 is 30.6 Å². The van der Waals surface area contributed by atoms with Gasteiger partial charge in [0.05, 0.1) is 11.4 Å². The van der Waals surface area contributed by atoms with Gasteiger partial charge in [0.1, 0.15) is 11.5 Å². The van der Waals surface area contributed by atoms with Gasteiger partial charge in [-0.1, -0.05) is 35.8 Å². The molecule has 4 N–H and O–H groups in total. The van der Waals surface area contributed by atoms with Crippen molar-refractivity contribution in [2.75, 3.05) is 14.2 Å². The first-order valence-electron chi connectivity index (χ1n) is 8.59. The van der Waals surface area contributed by atoms with Gasteiger partial charge in [-0.05, 0) is 47.5 Å². The number of aliphatic hydroxyl groups excluding tert-OH is 2. The molecule has 3 aromatic rings. The van der Waals surface area contributed by atoms with E-state index in [9.17, 15) is 20.4 Å². The summed E-state index contributed by atoms with van der Waals surface area (Å²) >= 11 is 0. The molecule has 0 bridgehead atoms. The number of phenolic OH excluding ortho intramolecular Hbond substituents is 2. The van der Waals surface area contributed by atoms with Crippen LogP contribution in [-0.2, 0) is 17.1 Å². The molecule has 1 radical (unpaired) electrons. The van der Waals surface area contributed by atoms with Crippen LogP contribution in [-0.4, -0.2) is 47.1 Å². The molecule has 0 saturated carbocycles. The van der Waals surface area contributed by atoms with Gasteiger partial charge in [-0.2, -0.15) is 0 Å². The Morgan fingerprint density at radius 1 is 0.645 bits per heavy atom. The third kappa shape index (κ3) is 8.49. The molecule has 0 amide bonds. The van der Waals surface area contributed by atoms with Crippen LogP contribution in [0.15, 0.2) is 70.6 Å². The molecule has 9 heteroatoms. The zero-order valence-corrected chi connectivity index (χ0v) is 17.7. The molecule has 3 aromatic carbocycles. The van der Waals surface area contributed by atoms with E-state index >= 15 is 0 Å². The van der Waals surface area contributed by atoms with Crippen molar-refractivity contribution in [1.82, 2.24) is 0 Å². The summed E-state index contributed by atoms with van der Waals surface area (Å²) in [4.78, 5) is 8.55. The van der Waals surface area contributed by atoms with Crippen LogP contribution in [0.3, 0.4) is 0 Å². The van der Waals surface area contributed by atoms with Crippen molar-refractivity contribution in [1.29, 1.82) is 0 Å². The normalized spacial score (nSPS) is 9.94. The molecule has 8 nitrogen and oxygen atoms in total. The summed E-state index contributed by atoms with van der Waals surface area (Å²) in [6.45, 7) is 0. The minimum Gasteiger partial charge on any atom is -0.872 e. The molecular formula is C22H22CuN2O6. The maximum atomic E-state index is 11.8. The van der Waals surface area contributed by atoms with Crippen LogP contribution in [0.1, 0.15) is 11.1 Å². The van der Waals surface area contributed by atoms with Crippen molar-refractivity contribution >= 4 is 23.8 Å². The summed E-state index contributed by atoms with van der Waals surface area (Å²) in [6.07, 6.45) is 2.80. The van der Waals surface area contributed by atoms with Gasteiger partial charge in [0, 0.05) is 26.6 Å². The van der Waals surface area contributed by atoms with E-state index < -0.39 is 0 Å². The summed E-state index contributed by atoms with van der Waals surface area (Å²) in [5, 5.41) is 56.1. The predicted molar refractivity (Wildman–Crippen MR) is 112 cm³/mol. The van der Waals surface area contributed by atoms with Gasteiger partial charge >= 0.3 is 17.1 Å². The quantitative estimate of drug-likeness (QED) is 0.335. The van der Waals surface area contributed by atoms with Crippen molar-refractivity contribution in [3.8, 4) is 23.0 Å². The van der Waals surface area contributed by atoms with Crippen LogP contribution in [0.25, 0.3) is 0 Å². The van der Waals surface area contributed by atoms with Gasteiger partial charge in [0.15, 0.2) is 0 Å². The van der Waals surface area contributed by atoms with Crippen LogP contribution in [0, 0.1) is 0 Å².